The van der Waals surface area contributed by atoms with Gasteiger partial charge in [0.25, 0.3) is 0 Å². The highest BCUT2D eigenvalue weighted by Crippen LogP contribution is 2.24. The molecule has 0 bridgehead atoms. The molecule has 0 saturated heterocycles. The minimum atomic E-state index is -0.949. The van der Waals surface area contributed by atoms with Crippen LogP contribution in [0.25, 0.3) is 0 Å². The minimum absolute atomic E-state index is 0.275. The summed E-state index contributed by atoms with van der Waals surface area (Å²) in [5.74, 6) is -1.32. The Kier molecular flexibility index (Phi) is 3.84. The zero-order valence-electron chi connectivity index (χ0n) is 9.11. The zero-order valence-corrected chi connectivity index (χ0v) is 10.7. The van der Waals surface area contributed by atoms with Gasteiger partial charge in [-0.05, 0) is 30.3 Å². The summed E-state index contributed by atoms with van der Waals surface area (Å²) in [4.78, 5) is 11.8. The van der Waals surface area contributed by atoms with E-state index in [1.54, 1.807) is 6.07 Å². The van der Waals surface area contributed by atoms with Crippen LogP contribution in [0.15, 0.2) is 30.3 Å². The van der Waals surface area contributed by atoms with Gasteiger partial charge in [0.15, 0.2) is 0 Å². The lowest BCUT2D eigenvalue weighted by molar-refractivity contribution is 0.0702. The van der Waals surface area contributed by atoms with Gasteiger partial charge >= 0.3 is 5.97 Å². The van der Waals surface area contributed by atoms with Crippen LogP contribution in [-0.4, -0.2) is 11.1 Å². The lowest BCUT2D eigenvalue weighted by Crippen LogP contribution is -1.98. The smallest absolute Gasteiger partial charge is 0.345 e. The number of rotatable bonds is 4. The molecule has 1 heterocycles. The van der Waals surface area contributed by atoms with E-state index in [4.69, 9.17) is 16.7 Å². The van der Waals surface area contributed by atoms with E-state index in [1.807, 2.05) is 0 Å². The number of hydrogen-bond acceptors (Lipinski definition) is 3. The number of anilines is 1. The first-order valence-electron chi connectivity index (χ1n) is 5.07. The summed E-state index contributed by atoms with van der Waals surface area (Å²) in [6.45, 7) is 0.404. The highest BCUT2D eigenvalue weighted by Gasteiger charge is 2.07. The van der Waals surface area contributed by atoms with Gasteiger partial charge in [0.2, 0.25) is 0 Å². The van der Waals surface area contributed by atoms with Crippen molar-refractivity contribution in [3.63, 3.8) is 0 Å². The van der Waals surface area contributed by atoms with Gasteiger partial charge in [-0.1, -0.05) is 11.6 Å². The van der Waals surface area contributed by atoms with Crippen molar-refractivity contribution in [3.05, 3.63) is 50.9 Å². The van der Waals surface area contributed by atoms with Crippen LogP contribution in [-0.2, 0) is 6.54 Å². The molecule has 0 atom stereocenters. The molecule has 6 heteroatoms. The maximum absolute atomic E-state index is 13.0. The first-order valence-corrected chi connectivity index (χ1v) is 6.26. The van der Waals surface area contributed by atoms with Crippen molar-refractivity contribution < 1.29 is 14.3 Å². The summed E-state index contributed by atoms with van der Waals surface area (Å²) in [6, 6.07) is 7.30. The highest BCUT2D eigenvalue weighted by atomic mass is 35.5. The number of benzene rings is 1. The van der Waals surface area contributed by atoms with Gasteiger partial charge in [-0.15, -0.1) is 11.3 Å². The number of carboxylic acid groups (broad SMARTS) is 1. The summed E-state index contributed by atoms with van der Waals surface area (Å²) in [7, 11) is 0. The van der Waals surface area contributed by atoms with Crippen molar-refractivity contribution in [1.82, 2.24) is 0 Å². The van der Waals surface area contributed by atoms with Crippen LogP contribution in [0.1, 0.15) is 14.5 Å². The molecule has 1 aromatic carbocycles. The fourth-order valence-corrected chi connectivity index (χ4v) is 2.37. The van der Waals surface area contributed by atoms with Crippen LogP contribution in [0.4, 0.5) is 10.1 Å². The van der Waals surface area contributed by atoms with Crippen LogP contribution in [0, 0.1) is 5.82 Å². The summed E-state index contributed by atoms with van der Waals surface area (Å²) in [6.07, 6.45) is 0. The second kappa shape index (κ2) is 5.37. The number of carbonyl (C=O) groups is 1. The second-order valence-electron chi connectivity index (χ2n) is 3.55. The van der Waals surface area contributed by atoms with Crippen LogP contribution in [0.3, 0.4) is 0 Å². The second-order valence-corrected chi connectivity index (χ2v) is 5.12. The lowest BCUT2D eigenvalue weighted by atomic mass is 10.3. The Balaban J connectivity index is 2.06. The molecule has 0 radical (unpaired) electrons. The van der Waals surface area contributed by atoms with Crippen LogP contribution in [0.5, 0.6) is 0 Å². The van der Waals surface area contributed by atoms with Crippen molar-refractivity contribution >= 4 is 34.6 Å². The molecule has 2 rings (SSSR count). The van der Waals surface area contributed by atoms with Gasteiger partial charge in [-0.3, -0.25) is 0 Å². The molecule has 0 fully saturated rings. The number of hydrogen-bond donors (Lipinski definition) is 2. The molecule has 0 aliphatic carbocycles. The average Bonchev–Trinajstić information content (AvgIpc) is 2.79. The third-order valence-electron chi connectivity index (χ3n) is 2.25. The van der Waals surface area contributed by atoms with Gasteiger partial charge in [-0.2, -0.15) is 0 Å². The highest BCUT2D eigenvalue weighted by molar-refractivity contribution is 7.13. The van der Waals surface area contributed by atoms with E-state index < -0.39 is 5.97 Å². The standard InChI is InChI=1S/C12H9ClFNO2S/c13-9-3-1-7(14)5-10(9)15-6-8-2-4-11(18-8)12(16)17/h1-5,15H,6H2,(H,16,17). The van der Waals surface area contributed by atoms with E-state index in [0.717, 1.165) is 4.88 Å². The number of aromatic carboxylic acids is 1. The Morgan fingerprint density at radius 1 is 1.39 bits per heavy atom. The number of thiophene rings is 1. The van der Waals surface area contributed by atoms with E-state index in [1.165, 1.54) is 35.6 Å². The minimum Gasteiger partial charge on any atom is -0.477 e. The van der Waals surface area contributed by atoms with Crippen molar-refractivity contribution in [2.45, 2.75) is 6.54 Å². The molecule has 3 nitrogen and oxygen atoms in total. The summed E-state index contributed by atoms with van der Waals surface area (Å²) in [5, 5.41) is 12.2. The predicted molar refractivity (Wildman–Crippen MR) is 70.0 cm³/mol. The normalized spacial score (nSPS) is 10.3. The molecule has 18 heavy (non-hydrogen) atoms. The van der Waals surface area contributed by atoms with E-state index in [9.17, 15) is 9.18 Å². The van der Waals surface area contributed by atoms with Gasteiger partial charge in [-0.25, -0.2) is 9.18 Å². The summed E-state index contributed by atoms with van der Waals surface area (Å²) < 4.78 is 13.0. The molecule has 0 spiro atoms. The molecule has 0 unspecified atom stereocenters. The Labute approximate surface area is 112 Å². The maximum atomic E-state index is 13.0. The summed E-state index contributed by atoms with van der Waals surface area (Å²) >= 11 is 7.07. The van der Waals surface area contributed by atoms with Crippen molar-refractivity contribution in [1.29, 1.82) is 0 Å². The topological polar surface area (TPSA) is 49.3 Å². The van der Waals surface area contributed by atoms with Crippen molar-refractivity contribution in [3.8, 4) is 0 Å². The molecule has 0 aliphatic rings. The quantitative estimate of drug-likeness (QED) is 0.897. The van der Waals surface area contributed by atoms with Gasteiger partial charge in [0.05, 0.1) is 10.7 Å². The zero-order chi connectivity index (χ0) is 13.1. The van der Waals surface area contributed by atoms with Crippen LogP contribution < -0.4 is 5.32 Å². The fourth-order valence-electron chi connectivity index (χ4n) is 1.40. The number of carboxylic acids is 1. The Bertz CT molecular complexity index is 585. The number of halogens is 2. The monoisotopic (exact) mass is 285 g/mol. The van der Waals surface area contributed by atoms with Gasteiger partial charge in [0.1, 0.15) is 10.7 Å². The number of nitrogens with one attached hydrogen (secondary N) is 1. The molecule has 0 aliphatic heterocycles. The van der Waals surface area contributed by atoms with Crippen LogP contribution >= 0.6 is 22.9 Å². The van der Waals surface area contributed by atoms with Crippen LogP contribution in [0.2, 0.25) is 5.02 Å². The van der Waals surface area contributed by atoms with E-state index in [2.05, 4.69) is 5.32 Å². The molecule has 0 amide bonds. The SMILES string of the molecule is O=C(O)c1ccc(CNc2cc(F)ccc2Cl)s1. The Morgan fingerprint density at radius 2 is 2.17 bits per heavy atom. The van der Waals surface area contributed by atoms with Gasteiger partial charge in [0, 0.05) is 11.4 Å². The van der Waals surface area contributed by atoms with Crippen molar-refractivity contribution in [2.75, 3.05) is 5.32 Å². The molecule has 1 aromatic heterocycles. The predicted octanol–water partition coefficient (Wildman–Crippen LogP) is 3.85. The Morgan fingerprint density at radius 3 is 2.83 bits per heavy atom. The molecular weight excluding hydrogens is 277 g/mol. The summed E-state index contributed by atoms with van der Waals surface area (Å²) in [5.41, 5.74) is 0.488. The average molecular weight is 286 g/mol. The molecular formula is C12H9ClFNO2S. The van der Waals surface area contributed by atoms with Crippen molar-refractivity contribution in [2.24, 2.45) is 0 Å². The van der Waals surface area contributed by atoms with E-state index >= 15 is 0 Å². The lowest BCUT2D eigenvalue weighted by Gasteiger charge is -2.06. The van der Waals surface area contributed by atoms with Gasteiger partial charge < -0.3 is 10.4 Å². The molecule has 2 N–H and O–H groups in total. The third kappa shape index (κ3) is 3.00. The first kappa shape index (κ1) is 12.9. The Hall–Kier alpha value is -1.59. The largest absolute Gasteiger partial charge is 0.477 e. The third-order valence-corrected chi connectivity index (χ3v) is 3.66. The molecule has 94 valence electrons. The van der Waals surface area contributed by atoms with E-state index in [0.29, 0.717) is 17.3 Å². The fraction of sp³-hybridized carbons (Fsp3) is 0.0833. The molecule has 0 saturated carbocycles. The maximum Gasteiger partial charge on any atom is 0.345 e. The van der Waals surface area contributed by atoms with E-state index in [-0.39, 0.29) is 10.7 Å². The first-order chi connectivity index (χ1) is 8.56. The molecule has 2 aromatic rings.